The molecule has 8 nitrogen and oxygen atoms in total. The second-order valence-electron chi connectivity index (χ2n) is 7.18. The van der Waals surface area contributed by atoms with Gasteiger partial charge in [-0.1, -0.05) is 54.4 Å². The Morgan fingerprint density at radius 2 is 1.70 bits per heavy atom. The molecule has 1 atom stereocenters. The molecule has 2 N–H and O–H groups in total. The van der Waals surface area contributed by atoms with Gasteiger partial charge in [-0.2, -0.15) is 5.01 Å². The van der Waals surface area contributed by atoms with E-state index >= 15 is 0 Å². The van der Waals surface area contributed by atoms with E-state index in [1.807, 2.05) is 19.9 Å². The van der Waals surface area contributed by atoms with Gasteiger partial charge in [0.05, 0.1) is 5.56 Å². The van der Waals surface area contributed by atoms with Gasteiger partial charge in [0, 0.05) is 0 Å². The minimum absolute atomic E-state index is 0.301. The number of carbonyl (C=O) groups is 4. The van der Waals surface area contributed by atoms with Crippen molar-refractivity contribution in [3.05, 3.63) is 70.8 Å². The van der Waals surface area contributed by atoms with Crippen molar-refractivity contribution in [2.45, 2.75) is 32.7 Å². The predicted molar refractivity (Wildman–Crippen MR) is 108 cm³/mol. The Balaban J connectivity index is 1.66. The minimum Gasteiger partial charge on any atom is -0.452 e. The van der Waals surface area contributed by atoms with Gasteiger partial charge in [0.15, 0.2) is 6.61 Å². The van der Waals surface area contributed by atoms with Crippen LogP contribution in [-0.2, 0) is 19.9 Å². The van der Waals surface area contributed by atoms with E-state index in [1.54, 1.807) is 49.4 Å². The number of esters is 1. The van der Waals surface area contributed by atoms with E-state index in [4.69, 9.17) is 4.74 Å². The van der Waals surface area contributed by atoms with Crippen LogP contribution in [0, 0.1) is 13.8 Å². The molecule has 0 bridgehead atoms. The number of hydrazine groups is 1. The molecule has 0 aromatic heterocycles. The molecule has 1 aliphatic rings. The lowest BCUT2D eigenvalue weighted by Gasteiger charge is -2.25. The van der Waals surface area contributed by atoms with Crippen molar-refractivity contribution < 1.29 is 23.9 Å². The summed E-state index contributed by atoms with van der Waals surface area (Å²) in [4.78, 5) is 49.8. The number of rotatable bonds is 6. The fourth-order valence-corrected chi connectivity index (χ4v) is 3.50. The molecule has 8 heteroatoms. The van der Waals surface area contributed by atoms with Gasteiger partial charge in [0.2, 0.25) is 0 Å². The number of benzene rings is 2. The van der Waals surface area contributed by atoms with Gasteiger partial charge in [-0.15, -0.1) is 0 Å². The zero-order valence-corrected chi connectivity index (χ0v) is 17.0. The molecule has 1 saturated heterocycles. The molecule has 30 heavy (non-hydrogen) atoms. The Morgan fingerprint density at radius 3 is 2.30 bits per heavy atom. The van der Waals surface area contributed by atoms with Crippen molar-refractivity contribution in [2.24, 2.45) is 0 Å². The minimum atomic E-state index is -1.26. The summed E-state index contributed by atoms with van der Waals surface area (Å²) < 4.78 is 5.02. The van der Waals surface area contributed by atoms with Gasteiger partial charge >= 0.3 is 12.0 Å². The maximum absolute atomic E-state index is 13.0. The average molecular weight is 409 g/mol. The molecule has 2 aromatic carbocycles. The Morgan fingerprint density at radius 1 is 1.07 bits per heavy atom. The van der Waals surface area contributed by atoms with Gasteiger partial charge in [-0.25, -0.2) is 9.59 Å². The third-order valence-corrected chi connectivity index (χ3v) is 4.92. The Kier molecular flexibility index (Phi) is 5.86. The number of aryl methyl sites for hydroxylation is 2. The molecule has 0 saturated carbocycles. The first-order chi connectivity index (χ1) is 14.3. The SMILES string of the molecule is CC[C@]1(c2ccccc2)NC(=O)N(NC(=O)COC(=O)c2cc(C)cc(C)c2)C1=O. The summed E-state index contributed by atoms with van der Waals surface area (Å²) in [6.45, 7) is 4.83. The molecule has 1 aliphatic heterocycles. The molecule has 0 radical (unpaired) electrons. The lowest BCUT2D eigenvalue weighted by atomic mass is 9.87. The summed E-state index contributed by atoms with van der Waals surface area (Å²) >= 11 is 0. The number of imide groups is 1. The van der Waals surface area contributed by atoms with E-state index in [-0.39, 0.29) is 0 Å². The second-order valence-corrected chi connectivity index (χ2v) is 7.18. The van der Waals surface area contributed by atoms with Crippen molar-refractivity contribution in [2.75, 3.05) is 6.61 Å². The first-order valence-corrected chi connectivity index (χ1v) is 9.54. The normalized spacial score (nSPS) is 18.2. The van der Waals surface area contributed by atoms with E-state index in [2.05, 4.69) is 10.7 Å². The molecule has 2 aromatic rings. The fraction of sp³-hybridized carbons (Fsp3) is 0.273. The summed E-state index contributed by atoms with van der Waals surface area (Å²) in [7, 11) is 0. The lowest BCUT2D eigenvalue weighted by Crippen LogP contribution is -2.49. The van der Waals surface area contributed by atoms with Crippen molar-refractivity contribution in [1.29, 1.82) is 0 Å². The molecule has 4 amide bonds. The van der Waals surface area contributed by atoms with Crippen molar-refractivity contribution in [1.82, 2.24) is 15.8 Å². The van der Waals surface area contributed by atoms with Crippen LogP contribution in [0.3, 0.4) is 0 Å². The monoisotopic (exact) mass is 409 g/mol. The topological polar surface area (TPSA) is 105 Å². The first kappa shape index (κ1) is 21.0. The van der Waals surface area contributed by atoms with Crippen LogP contribution in [0.4, 0.5) is 4.79 Å². The lowest BCUT2D eigenvalue weighted by molar-refractivity contribution is -0.140. The molecule has 0 aliphatic carbocycles. The number of hydrogen-bond acceptors (Lipinski definition) is 5. The highest BCUT2D eigenvalue weighted by Gasteiger charge is 2.52. The van der Waals surface area contributed by atoms with Crippen molar-refractivity contribution >= 4 is 23.8 Å². The van der Waals surface area contributed by atoms with E-state index in [1.165, 1.54) is 0 Å². The molecule has 156 valence electrons. The van der Waals surface area contributed by atoms with Crippen LogP contribution in [0.25, 0.3) is 0 Å². The van der Waals surface area contributed by atoms with Crippen molar-refractivity contribution in [3.63, 3.8) is 0 Å². The maximum atomic E-state index is 13.0. The van der Waals surface area contributed by atoms with Crippen molar-refractivity contribution in [3.8, 4) is 0 Å². The van der Waals surface area contributed by atoms with Gasteiger partial charge in [-0.05, 0) is 38.0 Å². The van der Waals surface area contributed by atoms with Crippen LogP contribution in [0.1, 0.15) is 40.4 Å². The number of amides is 4. The largest absolute Gasteiger partial charge is 0.452 e. The zero-order valence-electron chi connectivity index (χ0n) is 17.0. The highest BCUT2D eigenvalue weighted by Crippen LogP contribution is 2.31. The van der Waals surface area contributed by atoms with Gasteiger partial charge in [0.1, 0.15) is 5.54 Å². The standard InChI is InChI=1S/C22H23N3O5/c1-4-22(17-8-6-5-7-9-17)20(28)25(21(29)23-22)24-18(26)13-30-19(27)16-11-14(2)10-15(3)12-16/h5-12H,4,13H2,1-3H3,(H,23,29)(H,24,26)/t22-/m1/s1. The molecular formula is C22H23N3O5. The van der Waals surface area contributed by atoms with Crippen LogP contribution in [0.5, 0.6) is 0 Å². The average Bonchev–Trinajstić information content (AvgIpc) is 2.97. The van der Waals surface area contributed by atoms with Gasteiger partial charge < -0.3 is 10.1 Å². The maximum Gasteiger partial charge on any atom is 0.344 e. The highest BCUT2D eigenvalue weighted by atomic mass is 16.5. The molecule has 0 spiro atoms. The summed E-state index contributed by atoms with van der Waals surface area (Å²) in [5.41, 5.74) is 3.68. The molecule has 1 fully saturated rings. The Labute approximate surface area is 174 Å². The van der Waals surface area contributed by atoms with Crippen LogP contribution in [0.2, 0.25) is 0 Å². The zero-order chi connectivity index (χ0) is 21.9. The third kappa shape index (κ3) is 4.03. The number of urea groups is 1. The Bertz CT molecular complexity index is 985. The van der Waals surface area contributed by atoms with E-state index in [9.17, 15) is 19.2 Å². The molecular weight excluding hydrogens is 386 g/mol. The third-order valence-electron chi connectivity index (χ3n) is 4.92. The summed E-state index contributed by atoms with van der Waals surface area (Å²) in [6.07, 6.45) is 0.301. The molecule has 1 heterocycles. The number of nitrogens with one attached hydrogen (secondary N) is 2. The van der Waals surface area contributed by atoms with Gasteiger partial charge in [-0.3, -0.25) is 15.0 Å². The van der Waals surface area contributed by atoms with Crippen LogP contribution in [-0.4, -0.2) is 35.4 Å². The van der Waals surface area contributed by atoms with E-state index < -0.39 is 36.0 Å². The fourth-order valence-electron chi connectivity index (χ4n) is 3.50. The number of ether oxygens (including phenoxy) is 1. The van der Waals surface area contributed by atoms with E-state index in [0.717, 1.165) is 11.1 Å². The van der Waals surface area contributed by atoms with Crippen LogP contribution < -0.4 is 10.7 Å². The predicted octanol–water partition coefficient (Wildman–Crippen LogP) is 2.35. The first-order valence-electron chi connectivity index (χ1n) is 9.54. The second kappa shape index (κ2) is 8.36. The van der Waals surface area contributed by atoms with Gasteiger partial charge in [0.25, 0.3) is 11.8 Å². The van der Waals surface area contributed by atoms with Crippen LogP contribution in [0.15, 0.2) is 48.5 Å². The molecule has 0 unspecified atom stereocenters. The smallest absolute Gasteiger partial charge is 0.344 e. The molecule has 3 rings (SSSR count). The number of nitrogens with zero attached hydrogens (tertiary/aromatic N) is 1. The highest BCUT2D eigenvalue weighted by molar-refractivity contribution is 6.08. The quantitative estimate of drug-likeness (QED) is 0.563. The summed E-state index contributed by atoms with van der Waals surface area (Å²) in [5, 5.41) is 3.29. The Hall–Kier alpha value is -3.68. The number of carbonyl (C=O) groups excluding carboxylic acids is 4. The van der Waals surface area contributed by atoms with E-state index in [0.29, 0.717) is 22.6 Å². The summed E-state index contributed by atoms with van der Waals surface area (Å²) in [6, 6.07) is 13.3. The summed E-state index contributed by atoms with van der Waals surface area (Å²) in [5.74, 6) is -2.06. The van der Waals surface area contributed by atoms with Crippen LogP contribution >= 0.6 is 0 Å². The number of hydrogen-bond donors (Lipinski definition) is 2.